The zero-order valence-corrected chi connectivity index (χ0v) is 12.9. The molecular formula is C14H10ClN3O6. The largest absolute Gasteiger partial charge is 0.485 e. The average Bonchev–Trinajstić information content (AvgIpc) is 2.53. The molecule has 0 aromatic heterocycles. The minimum Gasteiger partial charge on any atom is -0.485 e. The molecule has 2 aromatic carbocycles. The van der Waals surface area contributed by atoms with Crippen molar-refractivity contribution in [2.45, 2.75) is 0 Å². The van der Waals surface area contributed by atoms with Crippen LogP contribution in [0, 0.1) is 20.2 Å². The third-order valence-electron chi connectivity index (χ3n) is 2.99. The average molecular weight is 352 g/mol. The second kappa shape index (κ2) is 6.92. The number of halogens is 1. The number of benzene rings is 2. The van der Waals surface area contributed by atoms with Crippen LogP contribution in [0.15, 0.2) is 36.4 Å². The Labute approximate surface area is 140 Å². The van der Waals surface area contributed by atoms with Gasteiger partial charge in [0.1, 0.15) is 0 Å². The zero-order valence-electron chi connectivity index (χ0n) is 12.2. The Bertz CT molecular complexity index is 804. The summed E-state index contributed by atoms with van der Waals surface area (Å²) in [7, 11) is 1.08. The summed E-state index contributed by atoms with van der Waals surface area (Å²) in [6.07, 6.45) is 0. The van der Waals surface area contributed by atoms with Gasteiger partial charge >= 0.3 is 11.4 Å². The standard InChI is InChI=1S/C14H10ClN3O6/c1-24-13-11(17(20)21)6-10(7-12(13)18(22)23)16-14(19)8-3-2-4-9(15)5-8/h2-7H,1H3,(H,16,19). The molecule has 10 heteroatoms. The molecule has 0 aliphatic rings. The molecule has 0 saturated heterocycles. The molecular weight excluding hydrogens is 342 g/mol. The van der Waals surface area contributed by atoms with E-state index < -0.39 is 32.9 Å². The van der Waals surface area contributed by atoms with Crippen molar-refractivity contribution in [3.05, 3.63) is 67.2 Å². The maximum absolute atomic E-state index is 12.1. The second-order valence-corrected chi connectivity index (χ2v) is 4.96. The van der Waals surface area contributed by atoms with E-state index in [1.807, 2.05) is 0 Å². The lowest BCUT2D eigenvalue weighted by Gasteiger charge is -2.08. The van der Waals surface area contributed by atoms with Gasteiger partial charge in [0.05, 0.1) is 22.6 Å². The Kier molecular flexibility index (Phi) is 4.95. The lowest BCUT2D eigenvalue weighted by atomic mass is 10.2. The highest BCUT2D eigenvalue weighted by molar-refractivity contribution is 6.31. The molecule has 1 N–H and O–H groups in total. The molecule has 0 fully saturated rings. The number of rotatable bonds is 5. The first-order valence-corrected chi connectivity index (χ1v) is 6.79. The Balaban J connectivity index is 2.45. The van der Waals surface area contributed by atoms with Crippen LogP contribution >= 0.6 is 11.6 Å². The first-order chi connectivity index (χ1) is 11.3. The summed E-state index contributed by atoms with van der Waals surface area (Å²) < 4.78 is 4.75. The number of nitro groups is 2. The van der Waals surface area contributed by atoms with Crippen LogP contribution in [0.4, 0.5) is 17.1 Å². The van der Waals surface area contributed by atoms with Crippen LogP contribution in [0.25, 0.3) is 0 Å². The third kappa shape index (κ3) is 3.58. The van der Waals surface area contributed by atoms with Gasteiger partial charge in [0.25, 0.3) is 11.7 Å². The first kappa shape index (κ1) is 17.2. The van der Waals surface area contributed by atoms with E-state index in [0.717, 1.165) is 19.2 Å². The van der Waals surface area contributed by atoms with Gasteiger partial charge in [-0.3, -0.25) is 25.0 Å². The van der Waals surface area contributed by atoms with E-state index in [1.165, 1.54) is 12.1 Å². The number of carbonyl (C=O) groups excluding carboxylic acids is 1. The highest BCUT2D eigenvalue weighted by Gasteiger charge is 2.28. The molecule has 1 amide bonds. The fraction of sp³-hybridized carbons (Fsp3) is 0.0714. The topological polar surface area (TPSA) is 125 Å². The molecule has 2 aromatic rings. The van der Waals surface area contributed by atoms with Crippen LogP contribution in [-0.4, -0.2) is 22.9 Å². The Morgan fingerprint density at radius 2 is 1.71 bits per heavy atom. The molecule has 0 heterocycles. The minimum absolute atomic E-state index is 0.112. The van der Waals surface area contributed by atoms with Crippen molar-refractivity contribution in [2.75, 3.05) is 12.4 Å². The van der Waals surface area contributed by atoms with Gasteiger partial charge in [-0.25, -0.2) is 0 Å². The summed E-state index contributed by atoms with van der Waals surface area (Å²) >= 11 is 5.79. The number of nitrogens with one attached hydrogen (secondary N) is 1. The lowest BCUT2D eigenvalue weighted by molar-refractivity contribution is -0.395. The number of nitro benzene ring substituents is 2. The predicted octanol–water partition coefficient (Wildman–Crippen LogP) is 3.42. The number of anilines is 1. The van der Waals surface area contributed by atoms with Gasteiger partial charge in [-0.1, -0.05) is 17.7 Å². The molecule has 0 bridgehead atoms. The molecule has 0 saturated carbocycles. The van der Waals surface area contributed by atoms with Gasteiger partial charge in [-0.05, 0) is 18.2 Å². The lowest BCUT2D eigenvalue weighted by Crippen LogP contribution is -2.12. The summed E-state index contributed by atoms with van der Waals surface area (Å²) in [6, 6.07) is 7.96. The van der Waals surface area contributed by atoms with Crippen molar-refractivity contribution in [2.24, 2.45) is 0 Å². The predicted molar refractivity (Wildman–Crippen MR) is 85.7 cm³/mol. The molecule has 24 heavy (non-hydrogen) atoms. The summed E-state index contributed by atoms with van der Waals surface area (Å²) in [5, 5.41) is 24.9. The van der Waals surface area contributed by atoms with E-state index >= 15 is 0 Å². The van der Waals surface area contributed by atoms with Crippen LogP contribution in [0.2, 0.25) is 5.02 Å². The molecule has 0 unspecified atom stereocenters. The van der Waals surface area contributed by atoms with Gasteiger partial charge in [0, 0.05) is 22.7 Å². The van der Waals surface area contributed by atoms with Crippen molar-refractivity contribution >= 4 is 34.6 Å². The summed E-state index contributed by atoms with van der Waals surface area (Å²) in [6.45, 7) is 0. The monoisotopic (exact) mass is 351 g/mol. The Morgan fingerprint density at radius 1 is 1.12 bits per heavy atom. The first-order valence-electron chi connectivity index (χ1n) is 6.41. The molecule has 0 spiro atoms. The maximum Gasteiger partial charge on any atom is 0.320 e. The van der Waals surface area contributed by atoms with E-state index in [0.29, 0.717) is 5.02 Å². The van der Waals surface area contributed by atoms with Crippen molar-refractivity contribution in [1.29, 1.82) is 0 Å². The van der Waals surface area contributed by atoms with Crippen molar-refractivity contribution in [3.8, 4) is 5.75 Å². The van der Waals surface area contributed by atoms with E-state index in [2.05, 4.69) is 5.32 Å². The number of amides is 1. The number of methoxy groups -OCH3 is 1. The van der Waals surface area contributed by atoms with E-state index in [1.54, 1.807) is 12.1 Å². The van der Waals surface area contributed by atoms with Crippen LogP contribution in [-0.2, 0) is 0 Å². The highest BCUT2D eigenvalue weighted by Crippen LogP contribution is 2.39. The van der Waals surface area contributed by atoms with Crippen molar-refractivity contribution in [3.63, 3.8) is 0 Å². The molecule has 0 atom stereocenters. The summed E-state index contributed by atoms with van der Waals surface area (Å²) in [5.74, 6) is -1.11. The number of ether oxygens (including phenoxy) is 1. The molecule has 0 aliphatic carbocycles. The summed E-state index contributed by atoms with van der Waals surface area (Å²) in [4.78, 5) is 32.6. The third-order valence-corrected chi connectivity index (χ3v) is 3.23. The number of nitrogens with zero attached hydrogens (tertiary/aromatic N) is 2. The Morgan fingerprint density at radius 3 is 2.17 bits per heavy atom. The zero-order chi connectivity index (χ0) is 17.9. The normalized spacial score (nSPS) is 10.1. The van der Waals surface area contributed by atoms with Gasteiger partial charge in [-0.15, -0.1) is 0 Å². The van der Waals surface area contributed by atoms with Crippen LogP contribution in [0.3, 0.4) is 0 Å². The van der Waals surface area contributed by atoms with Crippen LogP contribution < -0.4 is 10.1 Å². The van der Waals surface area contributed by atoms with E-state index in [9.17, 15) is 25.0 Å². The number of hydrogen-bond acceptors (Lipinski definition) is 6. The molecule has 0 radical (unpaired) electrons. The highest BCUT2D eigenvalue weighted by atomic mass is 35.5. The number of carbonyl (C=O) groups is 1. The smallest absolute Gasteiger partial charge is 0.320 e. The fourth-order valence-corrected chi connectivity index (χ4v) is 2.17. The van der Waals surface area contributed by atoms with E-state index in [-0.39, 0.29) is 11.3 Å². The number of hydrogen-bond donors (Lipinski definition) is 1. The second-order valence-electron chi connectivity index (χ2n) is 4.53. The minimum atomic E-state index is -0.832. The van der Waals surface area contributed by atoms with Gasteiger partial charge in [0.15, 0.2) is 0 Å². The Hall–Kier alpha value is -3.20. The molecule has 9 nitrogen and oxygen atoms in total. The van der Waals surface area contributed by atoms with Gasteiger partial charge in [0.2, 0.25) is 0 Å². The quantitative estimate of drug-likeness (QED) is 0.650. The summed E-state index contributed by atoms with van der Waals surface area (Å²) in [5.41, 5.74) is -1.18. The molecule has 0 aliphatic heterocycles. The van der Waals surface area contributed by atoms with Crippen LogP contribution in [0.1, 0.15) is 10.4 Å². The molecule has 2 rings (SSSR count). The van der Waals surface area contributed by atoms with Gasteiger partial charge < -0.3 is 10.1 Å². The van der Waals surface area contributed by atoms with Crippen molar-refractivity contribution < 1.29 is 19.4 Å². The molecule has 124 valence electrons. The SMILES string of the molecule is COc1c([N+](=O)[O-])cc(NC(=O)c2cccc(Cl)c2)cc1[N+](=O)[O-]. The van der Waals surface area contributed by atoms with Gasteiger partial charge in [-0.2, -0.15) is 0 Å². The maximum atomic E-state index is 12.1. The van der Waals surface area contributed by atoms with Crippen LogP contribution in [0.5, 0.6) is 5.75 Å². The van der Waals surface area contributed by atoms with Crippen molar-refractivity contribution in [1.82, 2.24) is 0 Å². The van der Waals surface area contributed by atoms with E-state index in [4.69, 9.17) is 16.3 Å². The fourth-order valence-electron chi connectivity index (χ4n) is 1.98.